The zero-order valence-corrected chi connectivity index (χ0v) is 13.5. The fourth-order valence-corrected chi connectivity index (χ4v) is 5.10. The maximum Gasteiger partial charge on any atom is 0.169 e. The molecule has 2 N–H and O–H groups in total. The predicted molar refractivity (Wildman–Crippen MR) is 84.9 cm³/mol. The van der Waals surface area contributed by atoms with E-state index in [4.69, 9.17) is 5.73 Å². The lowest BCUT2D eigenvalue weighted by Crippen LogP contribution is -2.47. The topological polar surface area (TPSA) is 76.3 Å². The van der Waals surface area contributed by atoms with E-state index in [1.54, 1.807) is 18.0 Å². The number of rotatable bonds is 4. The van der Waals surface area contributed by atoms with Gasteiger partial charge in [0.1, 0.15) is 11.2 Å². The average molecular weight is 315 g/mol. The third kappa shape index (κ3) is 3.86. The quantitative estimate of drug-likeness (QED) is 0.889. The normalized spacial score (nSPS) is 21.8. The lowest BCUT2D eigenvalue weighted by Gasteiger charge is -2.35. The molecule has 2 unspecified atom stereocenters. The first-order chi connectivity index (χ1) is 9.38. The van der Waals surface area contributed by atoms with Gasteiger partial charge in [-0.15, -0.1) is 0 Å². The van der Waals surface area contributed by atoms with Gasteiger partial charge in [-0.1, -0.05) is 6.07 Å². The summed E-state index contributed by atoms with van der Waals surface area (Å²) in [5.41, 5.74) is 6.84. The molecular weight excluding hydrogens is 294 g/mol. The van der Waals surface area contributed by atoms with Crippen molar-refractivity contribution in [1.82, 2.24) is 4.98 Å². The molecule has 7 heteroatoms. The Bertz CT molecular complexity index is 543. The van der Waals surface area contributed by atoms with Gasteiger partial charge in [0, 0.05) is 36.5 Å². The van der Waals surface area contributed by atoms with Gasteiger partial charge in [0.25, 0.3) is 0 Å². The largest absolute Gasteiger partial charge is 0.338 e. The monoisotopic (exact) mass is 315 g/mol. The molecule has 0 aliphatic carbocycles. The number of nitrogens with two attached hydrogens (primary N) is 1. The first-order valence-electron chi connectivity index (χ1n) is 6.61. The minimum absolute atomic E-state index is 0.0952. The van der Waals surface area contributed by atoms with Gasteiger partial charge in [-0.3, -0.25) is 0 Å². The highest BCUT2D eigenvalue weighted by Crippen LogP contribution is 2.25. The molecule has 2 rings (SSSR count). The van der Waals surface area contributed by atoms with Crippen molar-refractivity contribution >= 4 is 27.4 Å². The highest BCUT2D eigenvalue weighted by molar-refractivity contribution is 8.01. The number of thioether (sulfide) groups is 1. The van der Waals surface area contributed by atoms with Crippen molar-refractivity contribution in [2.24, 2.45) is 5.73 Å². The SMILES string of the molecule is CC(N)Cc1ccc(N2CCSCC2S(C)(=O)=O)nc1. The molecule has 1 fully saturated rings. The Labute approximate surface area is 124 Å². The number of pyridine rings is 1. The van der Waals surface area contributed by atoms with E-state index in [0.29, 0.717) is 12.3 Å². The third-order valence-electron chi connectivity index (χ3n) is 3.24. The minimum atomic E-state index is -3.11. The van der Waals surface area contributed by atoms with Crippen molar-refractivity contribution in [1.29, 1.82) is 0 Å². The molecule has 0 amide bonds. The third-order valence-corrected chi connectivity index (χ3v) is 5.88. The van der Waals surface area contributed by atoms with Crippen LogP contribution in [0.4, 0.5) is 5.82 Å². The molecule has 0 saturated carbocycles. The van der Waals surface area contributed by atoms with Crippen LogP contribution in [0.2, 0.25) is 0 Å². The summed E-state index contributed by atoms with van der Waals surface area (Å²) >= 11 is 1.67. The van der Waals surface area contributed by atoms with Crippen molar-refractivity contribution in [3.8, 4) is 0 Å². The van der Waals surface area contributed by atoms with Crippen LogP contribution in [0.15, 0.2) is 18.3 Å². The van der Waals surface area contributed by atoms with Crippen molar-refractivity contribution < 1.29 is 8.42 Å². The molecule has 1 aromatic heterocycles. The Hall–Kier alpha value is -0.790. The van der Waals surface area contributed by atoms with E-state index in [1.807, 2.05) is 24.0 Å². The Balaban J connectivity index is 2.20. The van der Waals surface area contributed by atoms with Crippen molar-refractivity contribution in [2.45, 2.75) is 24.8 Å². The van der Waals surface area contributed by atoms with Crippen LogP contribution in [0, 0.1) is 0 Å². The zero-order valence-electron chi connectivity index (χ0n) is 11.8. The van der Waals surface area contributed by atoms with Gasteiger partial charge in [0.2, 0.25) is 0 Å². The van der Waals surface area contributed by atoms with Crippen molar-refractivity contribution in [3.05, 3.63) is 23.9 Å². The molecule has 0 spiro atoms. The molecule has 5 nitrogen and oxygen atoms in total. The van der Waals surface area contributed by atoms with Crippen LogP contribution < -0.4 is 10.6 Å². The van der Waals surface area contributed by atoms with Gasteiger partial charge in [0.15, 0.2) is 9.84 Å². The number of hydrogen-bond donors (Lipinski definition) is 1. The fourth-order valence-electron chi connectivity index (χ4n) is 2.28. The van der Waals surface area contributed by atoms with Gasteiger partial charge in [-0.05, 0) is 25.0 Å². The molecule has 1 aromatic rings. The van der Waals surface area contributed by atoms with E-state index in [-0.39, 0.29) is 6.04 Å². The Morgan fingerprint density at radius 2 is 2.30 bits per heavy atom. The second kappa shape index (κ2) is 6.32. The van der Waals surface area contributed by atoms with Crippen molar-refractivity contribution in [2.75, 3.05) is 29.2 Å². The van der Waals surface area contributed by atoms with Crippen molar-refractivity contribution in [3.63, 3.8) is 0 Å². The molecule has 2 atom stereocenters. The van der Waals surface area contributed by atoms with Crippen LogP contribution in [-0.4, -0.2) is 49.1 Å². The van der Waals surface area contributed by atoms with E-state index in [2.05, 4.69) is 4.98 Å². The molecular formula is C13H21N3O2S2. The molecule has 1 saturated heterocycles. The molecule has 1 aliphatic rings. The van der Waals surface area contributed by atoms with E-state index >= 15 is 0 Å². The summed E-state index contributed by atoms with van der Waals surface area (Å²) in [6, 6.07) is 3.97. The number of sulfone groups is 1. The van der Waals surface area contributed by atoms with Gasteiger partial charge in [-0.25, -0.2) is 13.4 Å². The average Bonchev–Trinajstić information content (AvgIpc) is 2.38. The van der Waals surface area contributed by atoms with Crippen LogP contribution in [0.25, 0.3) is 0 Å². The number of nitrogens with zero attached hydrogens (tertiary/aromatic N) is 2. The zero-order chi connectivity index (χ0) is 14.8. The van der Waals surface area contributed by atoms with Gasteiger partial charge < -0.3 is 10.6 Å². The highest BCUT2D eigenvalue weighted by Gasteiger charge is 2.31. The first kappa shape index (κ1) is 15.6. The van der Waals surface area contributed by atoms with Crippen LogP contribution in [0.5, 0.6) is 0 Å². The summed E-state index contributed by atoms with van der Waals surface area (Å²) in [6.45, 7) is 2.66. The van der Waals surface area contributed by atoms with Crippen LogP contribution in [-0.2, 0) is 16.3 Å². The summed E-state index contributed by atoms with van der Waals surface area (Å²) in [5.74, 6) is 2.26. The molecule has 2 heterocycles. The van der Waals surface area contributed by atoms with Crippen LogP contribution in [0.3, 0.4) is 0 Å². The summed E-state index contributed by atoms with van der Waals surface area (Å²) in [7, 11) is -3.11. The molecule has 1 aliphatic heterocycles. The van der Waals surface area contributed by atoms with Gasteiger partial charge in [0.05, 0.1) is 0 Å². The standard InChI is InChI=1S/C13H21N3O2S2/c1-10(14)7-11-3-4-12(15-8-11)16-5-6-19-9-13(16)20(2,17)18/h3-4,8,10,13H,5-7,9,14H2,1-2H3. The predicted octanol–water partition coefficient (Wildman–Crippen LogP) is 0.895. The Kier molecular flexibility index (Phi) is 4.93. The lowest BCUT2D eigenvalue weighted by molar-refractivity contribution is 0.583. The Morgan fingerprint density at radius 3 is 2.85 bits per heavy atom. The van der Waals surface area contributed by atoms with E-state index < -0.39 is 15.2 Å². The summed E-state index contributed by atoms with van der Waals surface area (Å²) < 4.78 is 23.8. The van der Waals surface area contributed by atoms with E-state index in [0.717, 1.165) is 23.6 Å². The van der Waals surface area contributed by atoms with E-state index in [1.165, 1.54) is 6.26 Å². The maximum absolute atomic E-state index is 11.9. The fraction of sp³-hybridized carbons (Fsp3) is 0.615. The second-order valence-corrected chi connectivity index (χ2v) is 8.61. The number of hydrogen-bond acceptors (Lipinski definition) is 6. The molecule has 0 aromatic carbocycles. The highest BCUT2D eigenvalue weighted by atomic mass is 32.2. The van der Waals surface area contributed by atoms with Crippen LogP contribution in [0.1, 0.15) is 12.5 Å². The smallest absolute Gasteiger partial charge is 0.169 e. The molecule has 0 bridgehead atoms. The Morgan fingerprint density at radius 1 is 1.55 bits per heavy atom. The van der Waals surface area contributed by atoms with Crippen LogP contribution >= 0.6 is 11.8 Å². The van der Waals surface area contributed by atoms with E-state index in [9.17, 15) is 8.42 Å². The summed E-state index contributed by atoms with van der Waals surface area (Å²) in [4.78, 5) is 6.31. The second-order valence-electron chi connectivity index (χ2n) is 5.26. The molecule has 20 heavy (non-hydrogen) atoms. The first-order valence-corrected chi connectivity index (χ1v) is 9.72. The maximum atomic E-state index is 11.9. The van der Waals surface area contributed by atoms with Gasteiger partial charge >= 0.3 is 0 Å². The molecule has 112 valence electrons. The summed E-state index contributed by atoms with van der Waals surface area (Å²) in [6.07, 6.45) is 3.86. The number of aromatic nitrogens is 1. The minimum Gasteiger partial charge on any atom is -0.338 e. The lowest BCUT2D eigenvalue weighted by atomic mass is 10.1. The summed E-state index contributed by atoms with van der Waals surface area (Å²) in [5, 5.41) is -0.479. The number of anilines is 1. The van der Waals surface area contributed by atoms with Gasteiger partial charge in [-0.2, -0.15) is 11.8 Å². The molecule has 0 radical (unpaired) electrons.